The summed E-state index contributed by atoms with van der Waals surface area (Å²) in [5.41, 5.74) is 0.619. The van der Waals surface area contributed by atoms with E-state index in [2.05, 4.69) is 9.97 Å². The fourth-order valence-electron chi connectivity index (χ4n) is 3.53. The Hall–Kier alpha value is -2.82. The monoisotopic (exact) mass is 380 g/mol. The highest BCUT2D eigenvalue weighted by molar-refractivity contribution is 6.36. The van der Waals surface area contributed by atoms with Gasteiger partial charge in [-0.1, -0.05) is 47.5 Å². The molecule has 0 radical (unpaired) electrons. The van der Waals surface area contributed by atoms with Crippen LogP contribution in [-0.4, -0.2) is 9.97 Å². The number of aromatic nitrogens is 2. The van der Waals surface area contributed by atoms with Gasteiger partial charge in [0.25, 0.3) is 11.1 Å². The van der Waals surface area contributed by atoms with Crippen LogP contribution >= 0.6 is 23.2 Å². The molecule has 0 aliphatic rings. The molecule has 6 heteroatoms. The molecular weight excluding hydrogens is 371 g/mol. The molecule has 0 unspecified atom stereocenters. The third-order valence-electron chi connectivity index (χ3n) is 4.73. The van der Waals surface area contributed by atoms with E-state index in [-0.39, 0.29) is 11.1 Å². The van der Waals surface area contributed by atoms with E-state index in [1.165, 1.54) is 0 Å². The summed E-state index contributed by atoms with van der Waals surface area (Å²) in [7, 11) is 0. The van der Waals surface area contributed by atoms with Crippen LogP contribution in [0.1, 0.15) is 0 Å². The molecule has 0 aliphatic heterocycles. The van der Waals surface area contributed by atoms with Crippen LogP contribution in [0.3, 0.4) is 0 Å². The second-order valence-electron chi connectivity index (χ2n) is 6.18. The molecule has 0 amide bonds. The Morgan fingerprint density at radius 3 is 1.42 bits per heavy atom. The first-order valence-electron chi connectivity index (χ1n) is 7.93. The first kappa shape index (κ1) is 15.4. The largest absolute Gasteiger partial charge is 0.320 e. The third-order valence-corrected chi connectivity index (χ3v) is 5.36. The number of hydrogen-bond donors (Lipinski definition) is 2. The second-order valence-corrected chi connectivity index (χ2v) is 6.99. The molecule has 3 aromatic carbocycles. The number of pyridine rings is 2. The Kier molecular flexibility index (Phi) is 3.17. The van der Waals surface area contributed by atoms with Crippen molar-refractivity contribution in [1.29, 1.82) is 0 Å². The van der Waals surface area contributed by atoms with Gasteiger partial charge in [-0.05, 0) is 35.0 Å². The molecule has 0 saturated carbocycles. The van der Waals surface area contributed by atoms with E-state index in [0.717, 1.165) is 10.8 Å². The Morgan fingerprint density at radius 1 is 0.577 bits per heavy atom. The normalized spacial score (nSPS) is 11.8. The molecule has 0 bridgehead atoms. The van der Waals surface area contributed by atoms with Gasteiger partial charge in [0.15, 0.2) is 0 Å². The molecule has 26 heavy (non-hydrogen) atoms. The van der Waals surface area contributed by atoms with E-state index in [1.807, 2.05) is 24.3 Å². The van der Waals surface area contributed by atoms with Crippen molar-refractivity contribution in [1.82, 2.24) is 9.97 Å². The van der Waals surface area contributed by atoms with Gasteiger partial charge >= 0.3 is 0 Å². The first-order valence-corrected chi connectivity index (χ1v) is 8.68. The lowest BCUT2D eigenvalue weighted by Crippen LogP contribution is -2.10. The van der Waals surface area contributed by atoms with Crippen molar-refractivity contribution in [3.63, 3.8) is 0 Å². The van der Waals surface area contributed by atoms with Crippen molar-refractivity contribution >= 4 is 66.6 Å². The van der Waals surface area contributed by atoms with Crippen molar-refractivity contribution in [3.05, 3.63) is 79.3 Å². The van der Waals surface area contributed by atoms with Gasteiger partial charge in [0.1, 0.15) is 0 Å². The van der Waals surface area contributed by atoms with E-state index in [9.17, 15) is 9.59 Å². The summed E-state index contributed by atoms with van der Waals surface area (Å²) in [5, 5.41) is 4.87. The number of rotatable bonds is 0. The minimum absolute atomic E-state index is 0.252. The van der Waals surface area contributed by atoms with Crippen molar-refractivity contribution in [2.45, 2.75) is 0 Å². The molecule has 0 aliphatic carbocycles. The fourth-order valence-corrected chi connectivity index (χ4v) is 3.98. The van der Waals surface area contributed by atoms with Crippen molar-refractivity contribution in [2.24, 2.45) is 0 Å². The third kappa shape index (κ3) is 2.03. The van der Waals surface area contributed by atoms with Gasteiger partial charge in [-0.15, -0.1) is 0 Å². The lowest BCUT2D eigenvalue weighted by Gasteiger charge is -2.09. The molecule has 0 spiro atoms. The summed E-state index contributed by atoms with van der Waals surface area (Å²) in [6.07, 6.45) is 0. The highest BCUT2D eigenvalue weighted by Gasteiger charge is 2.13. The Bertz CT molecular complexity index is 1380. The van der Waals surface area contributed by atoms with Gasteiger partial charge in [-0.3, -0.25) is 9.59 Å². The predicted octanol–water partition coefficient (Wildman–Crippen LogP) is 4.98. The summed E-state index contributed by atoms with van der Waals surface area (Å²) in [6.45, 7) is 0. The molecule has 5 rings (SSSR count). The number of benzene rings is 3. The Labute approximate surface area is 156 Å². The van der Waals surface area contributed by atoms with Crippen LogP contribution < -0.4 is 11.1 Å². The number of para-hydroxylation sites is 2. The second kappa shape index (κ2) is 5.34. The number of hydrogen-bond acceptors (Lipinski definition) is 2. The van der Waals surface area contributed by atoms with Gasteiger partial charge in [-0.2, -0.15) is 0 Å². The number of aromatic amines is 2. The number of nitrogens with one attached hydrogen (secondary N) is 2. The van der Waals surface area contributed by atoms with Gasteiger partial charge in [0, 0.05) is 21.5 Å². The molecule has 2 N–H and O–H groups in total. The first-order chi connectivity index (χ1) is 12.5. The lowest BCUT2D eigenvalue weighted by atomic mass is 9.99. The maximum absolute atomic E-state index is 12.7. The number of H-pyrrole nitrogens is 2. The van der Waals surface area contributed by atoms with Crippen LogP contribution in [-0.2, 0) is 0 Å². The SMILES string of the molecule is O=c1[nH]c2c(Cl)cccc2c2cc3c(=O)[nH]c4c(Cl)cccc4c3cc12. The Morgan fingerprint density at radius 2 is 1.00 bits per heavy atom. The van der Waals surface area contributed by atoms with Crippen LogP contribution in [0.5, 0.6) is 0 Å². The highest BCUT2D eigenvalue weighted by Crippen LogP contribution is 2.32. The number of fused-ring (bicyclic) bond motifs is 6. The quantitative estimate of drug-likeness (QED) is 0.293. The zero-order chi connectivity index (χ0) is 18.0. The molecule has 5 aromatic rings. The van der Waals surface area contributed by atoms with E-state index in [4.69, 9.17) is 23.2 Å². The van der Waals surface area contributed by atoms with Gasteiger partial charge < -0.3 is 9.97 Å². The Balaban J connectivity index is 2.11. The van der Waals surface area contributed by atoms with E-state index in [0.29, 0.717) is 42.6 Å². The van der Waals surface area contributed by atoms with Crippen molar-refractivity contribution < 1.29 is 0 Å². The van der Waals surface area contributed by atoms with Crippen LogP contribution in [0.25, 0.3) is 43.4 Å². The summed E-state index contributed by atoms with van der Waals surface area (Å²) in [5.74, 6) is 0. The molecule has 0 fully saturated rings. The van der Waals surface area contributed by atoms with Crippen molar-refractivity contribution in [2.75, 3.05) is 0 Å². The van der Waals surface area contributed by atoms with Crippen LogP contribution in [0, 0.1) is 0 Å². The molecule has 4 nitrogen and oxygen atoms in total. The van der Waals surface area contributed by atoms with Crippen LogP contribution in [0.4, 0.5) is 0 Å². The molecule has 0 atom stereocenters. The predicted molar refractivity (Wildman–Crippen MR) is 108 cm³/mol. The molecule has 0 saturated heterocycles. The molecule has 2 heterocycles. The van der Waals surface area contributed by atoms with Gasteiger partial charge in [0.2, 0.25) is 0 Å². The smallest absolute Gasteiger partial charge is 0.256 e. The standard InChI is InChI=1S/C20H10Cl2N2O2/c21-15-5-1-3-9-11-7-14-12(8-13(11)19(25)23-17(9)15)10-4-2-6-16(22)18(10)24-20(14)26/h1-8H,(H,23,25)(H,24,26). The van der Waals surface area contributed by atoms with Gasteiger partial charge in [0.05, 0.1) is 21.1 Å². The minimum atomic E-state index is -0.252. The summed E-state index contributed by atoms with van der Waals surface area (Å²) < 4.78 is 0. The molecule has 2 aromatic heterocycles. The van der Waals surface area contributed by atoms with E-state index < -0.39 is 0 Å². The van der Waals surface area contributed by atoms with Crippen molar-refractivity contribution in [3.8, 4) is 0 Å². The van der Waals surface area contributed by atoms with Crippen LogP contribution in [0.15, 0.2) is 58.1 Å². The minimum Gasteiger partial charge on any atom is -0.320 e. The molecular formula is C20H10Cl2N2O2. The maximum atomic E-state index is 12.7. The summed E-state index contributed by atoms with van der Waals surface area (Å²) in [6, 6.07) is 14.3. The zero-order valence-electron chi connectivity index (χ0n) is 13.2. The lowest BCUT2D eigenvalue weighted by molar-refractivity contribution is 1.34. The topological polar surface area (TPSA) is 65.7 Å². The van der Waals surface area contributed by atoms with E-state index >= 15 is 0 Å². The van der Waals surface area contributed by atoms with Crippen LogP contribution in [0.2, 0.25) is 10.0 Å². The zero-order valence-corrected chi connectivity index (χ0v) is 14.7. The fraction of sp³-hybridized carbons (Fsp3) is 0. The average molecular weight is 381 g/mol. The maximum Gasteiger partial charge on any atom is 0.256 e. The van der Waals surface area contributed by atoms with E-state index in [1.54, 1.807) is 24.3 Å². The highest BCUT2D eigenvalue weighted by atomic mass is 35.5. The molecule has 126 valence electrons. The average Bonchev–Trinajstić information content (AvgIpc) is 2.63. The summed E-state index contributed by atoms with van der Waals surface area (Å²) >= 11 is 12.4. The number of halogens is 2. The summed E-state index contributed by atoms with van der Waals surface area (Å²) in [4.78, 5) is 31.0. The van der Waals surface area contributed by atoms with Gasteiger partial charge in [-0.25, -0.2) is 0 Å².